The Kier molecular flexibility index (Phi) is 10.5. The first-order valence-corrected chi connectivity index (χ1v) is 10.8. The largest absolute Gasteiger partial charge is 0.462 e. The summed E-state index contributed by atoms with van der Waals surface area (Å²) in [5, 5.41) is 0. The third-order valence-electron chi connectivity index (χ3n) is 5.34. The average molecular weight is 389 g/mol. The molecule has 1 fully saturated rings. The average Bonchev–Trinajstić information content (AvgIpc) is 2.56. The Morgan fingerprint density at radius 2 is 1.35 bits per heavy atom. The summed E-state index contributed by atoms with van der Waals surface area (Å²) in [5.41, 5.74) is -0.215. The molecule has 0 radical (unpaired) electrons. The second kappa shape index (κ2) is 11.5. The Morgan fingerprint density at radius 1 is 0.913 bits per heavy atom. The summed E-state index contributed by atoms with van der Waals surface area (Å²) in [5.74, 6) is 0.117. The van der Waals surface area contributed by atoms with Crippen molar-refractivity contribution in [2.75, 3.05) is 0 Å². The quantitative estimate of drug-likeness (QED) is 0.287. The van der Waals surface area contributed by atoms with E-state index in [4.69, 9.17) is 4.74 Å². The fourth-order valence-electron chi connectivity index (χ4n) is 3.64. The summed E-state index contributed by atoms with van der Waals surface area (Å²) >= 11 is 3.68. The summed E-state index contributed by atoms with van der Waals surface area (Å²) in [6, 6.07) is 0. The van der Waals surface area contributed by atoms with Gasteiger partial charge in [0.2, 0.25) is 0 Å². The second-order valence-corrected chi connectivity index (χ2v) is 8.67. The van der Waals surface area contributed by atoms with Gasteiger partial charge in [-0.3, -0.25) is 4.79 Å². The van der Waals surface area contributed by atoms with Crippen LogP contribution in [0.4, 0.5) is 0 Å². The maximum atomic E-state index is 13.1. The first-order valence-electron chi connectivity index (χ1n) is 9.93. The highest BCUT2D eigenvalue weighted by Gasteiger charge is 2.39. The van der Waals surface area contributed by atoms with Crippen LogP contribution in [0.3, 0.4) is 0 Å². The van der Waals surface area contributed by atoms with E-state index in [0.29, 0.717) is 4.83 Å². The first-order chi connectivity index (χ1) is 11.1. The zero-order chi connectivity index (χ0) is 17.1. The monoisotopic (exact) mass is 388 g/mol. The Labute approximate surface area is 152 Å². The van der Waals surface area contributed by atoms with Crippen LogP contribution in [0.1, 0.15) is 104 Å². The van der Waals surface area contributed by atoms with E-state index in [1.165, 1.54) is 0 Å². The number of carbonyl (C=O) groups is 1. The van der Waals surface area contributed by atoms with E-state index in [2.05, 4.69) is 36.7 Å². The molecule has 0 aromatic rings. The number of unbranched alkanes of at least 4 members (excludes halogenated alkanes) is 3. The van der Waals surface area contributed by atoms with Gasteiger partial charge in [0.1, 0.15) is 6.10 Å². The van der Waals surface area contributed by atoms with E-state index in [1.54, 1.807) is 0 Å². The predicted octanol–water partition coefficient (Wildman–Crippen LogP) is 6.79. The van der Waals surface area contributed by atoms with Gasteiger partial charge < -0.3 is 4.74 Å². The fourth-order valence-corrected chi connectivity index (χ4v) is 4.17. The standard InChI is InChI=1S/C20H37BrO2/c1-4-7-14-20(15-8-5-2,16-9-6-3)19(22)23-18-12-10-17(21)11-13-18/h17-18H,4-16H2,1-3H3. The van der Waals surface area contributed by atoms with Gasteiger partial charge >= 0.3 is 5.97 Å². The molecule has 1 aliphatic carbocycles. The zero-order valence-electron chi connectivity index (χ0n) is 15.5. The molecule has 1 saturated carbocycles. The molecule has 0 aromatic heterocycles. The highest BCUT2D eigenvalue weighted by Crippen LogP contribution is 2.39. The van der Waals surface area contributed by atoms with Gasteiger partial charge in [-0.15, -0.1) is 0 Å². The molecular weight excluding hydrogens is 352 g/mol. The summed E-state index contributed by atoms with van der Waals surface area (Å²) in [4.78, 5) is 13.7. The Bertz CT molecular complexity index is 300. The van der Waals surface area contributed by atoms with Gasteiger partial charge in [-0.05, 0) is 44.9 Å². The van der Waals surface area contributed by atoms with E-state index in [9.17, 15) is 4.79 Å². The van der Waals surface area contributed by atoms with Crippen LogP contribution in [-0.2, 0) is 9.53 Å². The predicted molar refractivity (Wildman–Crippen MR) is 102 cm³/mol. The highest BCUT2D eigenvalue weighted by molar-refractivity contribution is 9.09. The van der Waals surface area contributed by atoms with Crippen molar-refractivity contribution in [3.05, 3.63) is 0 Å². The summed E-state index contributed by atoms with van der Waals surface area (Å²) in [6.45, 7) is 6.65. The minimum Gasteiger partial charge on any atom is -0.462 e. The van der Waals surface area contributed by atoms with Gasteiger partial charge in [0.25, 0.3) is 0 Å². The topological polar surface area (TPSA) is 26.3 Å². The molecule has 1 rings (SSSR count). The Balaban J connectivity index is 2.74. The van der Waals surface area contributed by atoms with Crippen LogP contribution in [-0.4, -0.2) is 16.9 Å². The van der Waals surface area contributed by atoms with E-state index >= 15 is 0 Å². The van der Waals surface area contributed by atoms with Crippen molar-refractivity contribution in [3.8, 4) is 0 Å². The van der Waals surface area contributed by atoms with Crippen LogP contribution < -0.4 is 0 Å². The maximum Gasteiger partial charge on any atom is 0.312 e. The van der Waals surface area contributed by atoms with Gasteiger partial charge in [0, 0.05) is 4.83 Å². The molecule has 0 aliphatic heterocycles. The summed E-state index contributed by atoms with van der Waals surface area (Å²) in [7, 11) is 0. The molecule has 0 amide bonds. The fraction of sp³-hybridized carbons (Fsp3) is 0.950. The number of ether oxygens (including phenoxy) is 1. The molecule has 3 heteroatoms. The van der Waals surface area contributed by atoms with Gasteiger partial charge in [-0.2, -0.15) is 0 Å². The van der Waals surface area contributed by atoms with E-state index in [-0.39, 0.29) is 17.5 Å². The van der Waals surface area contributed by atoms with Crippen LogP contribution >= 0.6 is 15.9 Å². The number of hydrogen-bond donors (Lipinski definition) is 0. The van der Waals surface area contributed by atoms with Crippen LogP contribution in [0.15, 0.2) is 0 Å². The van der Waals surface area contributed by atoms with Crippen molar-refractivity contribution in [1.29, 1.82) is 0 Å². The second-order valence-electron chi connectivity index (χ2n) is 7.37. The van der Waals surface area contributed by atoms with Crippen LogP contribution in [0.5, 0.6) is 0 Å². The number of carbonyl (C=O) groups excluding carboxylic acids is 1. The molecule has 0 heterocycles. The molecule has 1 aliphatic rings. The molecule has 0 N–H and O–H groups in total. The first kappa shape index (κ1) is 21.0. The van der Waals surface area contributed by atoms with Crippen LogP contribution in [0.25, 0.3) is 0 Å². The molecule has 0 saturated heterocycles. The molecule has 0 atom stereocenters. The lowest BCUT2D eigenvalue weighted by atomic mass is 9.74. The Hall–Kier alpha value is -0.0500. The SMILES string of the molecule is CCCCC(CCCC)(CCCC)C(=O)OC1CCC(Br)CC1. The zero-order valence-corrected chi connectivity index (χ0v) is 17.1. The minimum absolute atomic E-state index is 0.117. The van der Waals surface area contributed by atoms with Gasteiger partial charge in [0.15, 0.2) is 0 Å². The number of esters is 1. The molecule has 23 heavy (non-hydrogen) atoms. The van der Waals surface area contributed by atoms with Crippen molar-refractivity contribution in [2.45, 2.75) is 115 Å². The summed E-state index contributed by atoms with van der Waals surface area (Å²) in [6.07, 6.45) is 14.4. The molecule has 2 nitrogen and oxygen atoms in total. The van der Waals surface area contributed by atoms with Crippen molar-refractivity contribution in [2.24, 2.45) is 5.41 Å². The van der Waals surface area contributed by atoms with Crippen molar-refractivity contribution < 1.29 is 9.53 Å². The number of rotatable bonds is 11. The minimum atomic E-state index is -0.215. The smallest absolute Gasteiger partial charge is 0.312 e. The van der Waals surface area contributed by atoms with Crippen molar-refractivity contribution in [3.63, 3.8) is 0 Å². The molecular formula is C20H37BrO2. The number of halogens is 1. The van der Waals surface area contributed by atoms with Gasteiger partial charge in [-0.25, -0.2) is 0 Å². The van der Waals surface area contributed by atoms with E-state index in [0.717, 1.165) is 83.5 Å². The molecule has 0 unspecified atom stereocenters. The molecule has 136 valence electrons. The van der Waals surface area contributed by atoms with E-state index in [1.807, 2.05) is 0 Å². The summed E-state index contributed by atoms with van der Waals surface area (Å²) < 4.78 is 6.04. The normalized spacial score (nSPS) is 22.1. The van der Waals surface area contributed by atoms with Gasteiger partial charge in [0.05, 0.1) is 5.41 Å². The van der Waals surface area contributed by atoms with Crippen LogP contribution in [0, 0.1) is 5.41 Å². The molecule has 0 bridgehead atoms. The van der Waals surface area contributed by atoms with E-state index < -0.39 is 0 Å². The highest BCUT2D eigenvalue weighted by atomic mass is 79.9. The molecule has 0 spiro atoms. The number of hydrogen-bond acceptors (Lipinski definition) is 2. The molecule has 0 aromatic carbocycles. The lowest BCUT2D eigenvalue weighted by Gasteiger charge is -2.35. The number of alkyl halides is 1. The van der Waals surface area contributed by atoms with Gasteiger partial charge in [-0.1, -0.05) is 75.2 Å². The third kappa shape index (κ3) is 7.15. The van der Waals surface area contributed by atoms with Crippen molar-refractivity contribution in [1.82, 2.24) is 0 Å². The van der Waals surface area contributed by atoms with Crippen LogP contribution in [0.2, 0.25) is 0 Å². The van der Waals surface area contributed by atoms with Crippen molar-refractivity contribution >= 4 is 21.9 Å². The Morgan fingerprint density at radius 3 is 1.74 bits per heavy atom. The lowest BCUT2D eigenvalue weighted by molar-refractivity contribution is -0.165. The maximum absolute atomic E-state index is 13.1. The third-order valence-corrected chi connectivity index (χ3v) is 6.25. The lowest BCUT2D eigenvalue weighted by Crippen LogP contribution is -2.37.